The molecule has 0 spiro atoms. The third kappa shape index (κ3) is 3.73. The summed E-state index contributed by atoms with van der Waals surface area (Å²) in [7, 11) is 0. The number of hydrogen-bond acceptors (Lipinski definition) is 5. The van der Waals surface area contributed by atoms with Crippen molar-refractivity contribution in [1.82, 2.24) is 25.1 Å². The number of hydrogen-bond donors (Lipinski definition) is 0. The fourth-order valence-corrected chi connectivity index (χ4v) is 2.98. The van der Waals surface area contributed by atoms with E-state index in [2.05, 4.69) is 15.5 Å². The molecule has 0 unspecified atom stereocenters. The molecule has 2 aromatic rings. The van der Waals surface area contributed by atoms with E-state index in [1.165, 1.54) is 6.33 Å². The lowest BCUT2D eigenvalue weighted by atomic mass is 10.0. The van der Waals surface area contributed by atoms with Gasteiger partial charge in [-0.25, -0.2) is 4.68 Å². The van der Waals surface area contributed by atoms with E-state index in [4.69, 9.17) is 4.74 Å². The van der Waals surface area contributed by atoms with Gasteiger partial charge in [0.1, 0.15) is 6.33 Å². The SMILES string of the molecule is C[C@@H]1CN(C(=O)Cc2ccc(-n3cnnn3)cc2)CC(C)(C)O1. The maximum atomic E-state index is 12.5. The van der Waals surface area contributed by atoms with E-state index < -0.39 is 0 Å². The number of amides is 1. The Morgan fingerprint density at radius 3 is 2.70 bits per heavy atom. The van der Waals surface area contributed by atoms with Gasteiger partial charge in [-0.15, -0.1) is 5.10 Å². The van der Waals surface area contributed by atoms with Crippen molar-refractivity contribution in [2.45, 2.75) is 38.9 Å². The Morgan fingerprint density at radius 1 is 1.35 bits per heavy atom. The zero-order chi connectivity index (χ0) is 16.4. The molecule has 1 aliphatic heterocycles. The molecular formula is C16H21N5O2. The first kappa shape index (κ1) is 15.6. The molecule has 2 heterocycles. The van der Waals surface area contributed by atoms with Crippen LogP contribution in [0, 0.1) is 0 Å². The summed E-state index contributed by atoms with van der Waals surface area (Å²) in [6.45, 7) is 7.31. The van der Waals surface area contributed by atoms with Crippen LogP contribution in [-0.4, -0.2) is 55.8 Å². The van der Waals surface area contributed by atoms with Crippen molar-refractivity contribution in [3.63, 3.8) is 0 Å². The lowest BCUT2D eigenvalue weighted by molar-refractivity contribution is -0.157. The number of ether oxygens (including phenoxy) is 1. The van der Waals surface area contributed by atoms with Crippen LogP contribution in [0.5, 0.6) is 0 Å². The number of aromatic nitrogens is 4. The molecule has 122 valence electrons. The number of rotatable bonds is 3. The van der Waals surface area contributed by atoms with Crippen molar-refractivity contribution < 1.29 is 9.53 Å². The third-order valence-electron chi connectivity index (χ3n) is 3.83. The number of nitrogens with zero attached hydrogens (tertiary/aromatic N) is 5. The summed E-state index contributed by atoms with van der Waals surface area (Å²) >= 11 is 0. The highest BCUT2D eigenvalue weighted by Crippen LogP contribution is 2.21. The molecule has 1 aromatic heterocycles. The van der Waals surface area contributed by atoms with Gasteiger partial charge in [0.15, 0.2) is 0 Å². The van der Waals surface area contributed by atoms with E-state index in [0.29, 0.717) is 19.5 Å². The summed E-state index contributed by atoms with van der Waals surface area (Å²) in [5, 5.41) is 11.1. The van der Waals surface area contributed by atoms with Crippen LogP contribution in [0.15, 0.2) is 30.6 Å². The van der Waals surface area contributed by atoms with Crippen LogP contribution in [0.2, 0.25) is 0 Å². The maximum absolute atomic E-state index is 12.5. The van der Waals surface area contributed by atoms with Gasteiger partial charge in [-0.1, -0.05) is 12.1 Å². The van der Waals surface area contributed by atoms with Crippen LogP contribution < -0.4 is 0 Å². The van der Waals surface area contributed by atoms with Gasteiger partial charge >= 0.3 is 0 Å². The van der Waals surface area contributed by atoms with Gasteiger partial charge in [0.25, 0.3) is 0 Å². The van der Waals surface area contributed by atoms with Gasteiger partial charge in [0, 0.05) is 13.1 Å². The molecule has 23 heavy (non-hydrogen) atoms. The van der Waals surface area contributed by atoms with Crippen LogP contribution in [-0.2, 0) is 16.0 Å². The first-order valence-electron chi connectivity index (χ1n) is 7.71. The molecule has 7 heteroatoms. The quantitative estimate of drug-likeness (QED) is 0.852. The molecule has 0 bridgehead atoms. The molecule has 0 radical (unpaired) electrons. The van der Waals surface area contributed by atoms with Crippen LogP contribution in [0.3, 0.4) is 0 Å². The molecule has 7 nitrogen and oxygen atoms in total. The number of benzene rings is 1. The molecule has 1 aromatic carbocycles. The molecule has 0 saturated carbocycles. The number of carbonyl (C=O) groups excluding carboxylic acids is 1. The predicted molar refractivity (Wildman–Crippen MR) is 84.1 cm³/mol. The molecule has 0 aliphatic carbocycles. The lowest BCUT2D eigenvalue weighted by Crippen LogP contribution is -2.54. The number of carbonyl (C=O) groups is 1. The molecular weight excluding hydrogens is 294 g/mol. The van der Waals surface area contributed by atoms with Crippen molar-refractivity contribution in [2.75, 3.05) is 13.1 Å². The van der Waals surface area contributed by atoms with Gasteiger partial charge in [0.05, 0.1) is 23.8 Å². The topological polar surface area (TPSA) is 73.1 Å². The minimum absolute atomic E-state index is 0.0601. The summed E-state index contributed by atoms with van der Waals surface area (Å²) in [4.78, 5) is 14.4. The minimum atomic E-state index is -0.294. The highest BCUT2D eigenvalue weighted by molar-refractivity contribution is 5.79. The highest BCUT2D eigenvalue weighted by atomic mass is 16.5. The van der Waals surface area contributed by atoms with Crippen LogP contribution in [0.4, 0.5) is 0 Å². The number of morpholine rings is 1. The monoisotopic (exact) mass is 315 g/mol. The Balaban J connectivity index is 1.66. The Bertz CT molecular complexity index is 666. The zero-order valence-electron chi connectivity index (χ0n) is 13.6. The predicted octanol–water partition coefficient (Wildman–Crippen LogP) is 1.23. The van der Waals surface area contributed by atoms with Gasteiger partial charge in [-0.05, 0) is 48.9 Å². The van der Waals surface area contributed by atoms with E-state index in [-0.39, 0.29) is 17.6 Å². The maximum Gasteiger partial charge on any atom is 0.227 e. The molecule has 1 aliphatic rings. The van der Waals surface area contributed by atoms with E-state index in [1.807, 2.05) is 49.9 Å². The Hall–Kier alpha value is -2.28. The lowest BCUT2D eigenvalue weighted by Gasteiger charge is -2.41. The van der Waals surface area contributed by atoms with Crippen LogP contribution in [0.25, 0.3) is 5.69 Å². The smallest absolute Gasteiger partial charge is 0.227 e. The first-order chi connectivity index (χ1) is 10.9. The van der Waals surface area contributed by atoms with Crippen LogP contribution >= 0.6 is 0 Å². The molecule has 1 atom stereocenters. The summed E-state index contributed by atoms with van der Waals surface area (Å²) in [5.41, 5.74) is 1.55. The van der Waals surface area contributed by atoms with Crippen molar-refractivity contribution >= 4 is 5.91 Å². The van der Waals surface area contributed by atoms with Crippen LogP contribution in [0.1, 0.15) is 26.3 Å². The largest absolute Gasteiger partial charge is 0.369 e. The summed E-state index contributed by atoms with van der Waals surface area (Å²) < 4.78 is 7.43. The summed E-state index contributed by atoms with van der Waals surface area (Å²) in [5.74, 6) is 0.128. The Kier molecular flexibility index (Phi) is 4.12. The highest BCUT2D eigenvalue weighted by Gasteiger charge is 2.33. The molecule has 1 amide bonds. The van der Waals surface area contributed by atoms with Crippen molar-refractivity contribution in [3.05, 3.63) is 36.2 Å². The second kappa shape index (κ2) is 6.08. The van der Waals surface area contributed by atoms with Gasteiger partial charge in [0.2, 0.25) is 5.91 Å². The molecule has 3 rings (SSSR count). The van der Waals surface area contributed by atoms with Crippen molar-refractivity contribution in [2.24, 2.45) is 0 Å². The normalized spacial score (nSPS) is 20.5. The number of tetrazole rings is 1. The standard InChI is InChI=1S/C16H21N5O2/c1-12-9-20(10-16(2,3)23-12)15(22)8-13-4-6-14(7-5-13)21-11-17-18-19-21/h4-7,11-12H,8-10H2,1-3H3/t12-/m1/s1. The average Bonchev–Trinajstić information content (AvgIpc) is 3.00. The molecule has 1 saturated heterocycles. The van der Waals surface area contributed by atoms with Crippen molar-refractivity contribution in [1.29, 1.82) is 0 Å². The van der Waals surface area contributed by atoms with E-state index in [1.54, 1.807) is 4.68 Å². The Labute approximate surface area is 135 Å². The van der Waals surface area contributed by atoms with E-state index in [0.717, 1.165) is 11.3 Å². The molecule has 1 fully saturated rings. The van der Waals surface area contributed by atoms with Gasteiger partial charge in [-0.2, -0.15) is 0 Å². The Morgan fingerprint density at radius 2 is 2.09 bits per heavy atom. The van der Waals surface area contributed by atoms with E-state index >= 15 is 0 Å². The third-order valence-corrected chi connectivity index (χ3v) is 3.83. The molecule has 0 N–H and O–H groups in total. The average molecular weight is 315 g/mol. The summed E-state index contributed by atoms with van der Waals surface area (Å²) in [6.07, 6.45) is 1.99. The second-order valence-electron chi connectivity index (χ2n) is 6.56. The second-order valence-corrected chi connectivity index (χ2v) is 6.56. The fraction of sp³-hybridized carbons (Fsp3) is 0.500. The zero-order valence-corrected chi connectivity index (χ0v) is 13.6. The van der Waals surface area contributed by atoms with Crippen molar-refractivity contribution in [3.8, 4) is 5.69 Å². The van der Waals surface area contributed by atoms with E-state index in [9.17, 15) is 4.79 Å². The fourth-order valence-electron chi connectivity index (χ4n) is 2.98. The van der Waals surface area contributed by atoms with Gasteiger partial charge in [-0.3, -0.25) is 4.79 Å². The first-order valence-corrected chi connectivity index (χ1v) is 7.71. The minimum Gasteiger partial charge on any atom is -0.369 e. The summed E-state index contributed by atoms with van der Waals surface area (Å²) in [6, 6.07) is 7.68. The van der Waals surface area contributed by atoms with Gasteiger partial charge < -0.3 is 9.64 Å².